The van der Waals surface area contributed by atoms with Crippen LogP contribution >= 0.6 is 12.2 Å². The number of anilines is 1. The van der Waals surface area contributed by atoms with E-state index in [1.54, 1.807) is 12.1 Å². The van der Waals surface area contributed by atoms with Crippen molar-refractivity contribution in [2.45, 2.75) is 47.5 Å². The van der Waals surface area contributed by atoms with Gasteiger partial charge in [0.25, 0.3) is 0 Å². The van der Waals surface area contributed by atoms with Crippen molar-refractivity contribution in [3.05, 3.63) is 64.7 Å². The van der Waals surface area contributed by atoms with Crippen molar-refractivity contribution in [2.75, 3.05) is 30.7 Å². The van der Waals surface area contributed by atoms with Gasteiger partial charge in [-0.2, -0.15) is 0 Å². The van der Waals surface area contributed by atoms with Crippen LogP contribution in [0.25, 0.3) is 0 Å². The first-order valence-corrected chi connectivity index (χ1v) is 14.3. The van der Waals surface area contributed by atoms with Crippen molar-refractivity contribution in [1.82, 2.24) is 4.90 Å². The van der Waals surface area contributed by atoms with E-state index in [-0.39, 0.29) is 23.6 Å². The van der Waals surface area contributed by atoms with Crippen molar-refractivity contribution >= 4 is 39.0 Å². The fraction of sp³-hybridized carbons (Fsp3) is 0.481. The van der Waals surface area contributed by atoms with Crippen LogP contribution in [0.4, 0.5) is 5.69 Å². The smallest absolute Gasteiger partial charge is 0.311 e. The van der Waals surface area contributed by atoms with Gasteiger partial charge in [0, 0.05) is 24.7 Å². The van der Waals surface area contributed by atoms with Crippen LogP contribution in [0, 0.1) is 25.2 Å². The fourth-order valence-corrected chi connectivity index (χ4v) is 4.40. The van der Waals surface area contributed by atoms with Crippen LogP contribution < -0.4 is 10.5 Å². The van der Waals surface area contributed by atoms with E-state index in [2.05, 4.69) is 36.8 Å². The van der Waals surface area contributed by atoms with E-state index >= 15 is 0 Å². The normalized spacial score (nSPS) is 12.6. The molecule has 7 nitrogen and oxygen atoms in total. The van der Waals surface area contributed by atoms with E-state index in [1.807, 2.05) is 37.8 Å². The van der Waals surface area contributed by atoms with E-state index in [4.69, 9.17) is 22.7 Å². The number of hydrogen-bond donors (Lipinski definition) is 2. The van der Waals surface area contributed by atoms with Gasteiger partial charge < -0.3 is 15.4 Å². The summed E-state index contributed by atoms with van der Waals surface area (Å²) in [7, 11) is -3.32. The fourth-order valence-electron chi connectivity index (χ4n) is 3.67. The van der Waals surface area contributed by atoms with E-state index in [9.17, 15) is 13.2 Å². The minimum Gasteiger partial charge on any atom is -0.465 e. The van der Waals surface area contributed by atoms with Gasteiger partial charge in [-0.3, -0.25) is 9.52 Å². The molecule has 1 unspecified atom stereocenters. The van der Waals surface area contributed by atoms with Crippen LogP contribution in [0.15, 0.2) is 42.5 Å². The highest BCUT2D eigenvalue weighted by molar-refractivity contribution is 7.92. The SMILES string of the molecule is Cc1ccc(CC(COC(=O)C(C)(C)C)CN(CCc2ccc(NS(C)(=O)=O)cc2)C(N)=S)cc1C. The maximum absolute atomic E-state index is 12.4. The Balaban J connectivity index is 2.12. The number of esters is 1. The first-order valence-electron chi connectivity index (χ1n) is 12.0. The monoisotopic (exact) mass is 533 g/mol. The van der Waals surface area contributed by atoms with Crippen molar-refractivity contribution in [1.29, 1.82) is 0 Å². The summed E-state index contributed by atoms with van der Waals surface area (Å²) < 4.78 is 31.0. The summed E-state index contributed by atoms with van der Waals surface area (Å²) >= 11 is 5.35. The topological polar surface area (TPSA) is 102 Å². The second kappa shape index (κ2) is 12.5. The number of hydrogen-bond acceptors (Lipinski definition) is 5. The zero-order chi connectivity index (χ0) is 27.1. The highest BCUT2D eigenvalue weighted by Crippen LogP contribution is 2.20. The van der Waals surface area contributed by atoms with Gasteiger partial charge in [-0.05, 0) is 94.1 Å². The molecule has 36 heavy (non-hydrogen) atoms. The van der Waals surface area contributed by atoms with Crippen molar-refractivity contribution < 1.29 is 17.9 Å². The Morgan fingerprint density at radius 2 is 1.69 bits per heavy atom. The van der Waals surface area contributed by atoms with Crippen LogP contribution in [0.5, 0.6) is 0 Å². The van der Waals surface area contributed by atoms with Crippen molar-refractivity contribution in [3.8, 4) is 0 Å². The maximum Gasteiger partial charge on any atom is 0.311 e. The second-order valence-corrected chi connectivity index (χ2v) is 12.6. The quantitative estimate of drug-likeness (QED) is 0.330. The number of carbonyl (C=O) groups excluding carboxylic acids is 1. The lowest BCUT2D eigenvalue weighted by Gasteiger charge is -2.29. The van der Waals surface area contributed by atoms with Crippen LogP contribution in [0.1, 0.15) is 43.0 Å². The highest BCUT2D eigenvalue weighted by atomic mass is 32.2. The number of ether oxygens (including phenoxy) is 1. The summed E-state index contributed by atoms with van der Waals surface area (Å²) in [5, 5.41) is 0.289. The second-order valence-electron chi connectivity index (χ2n) is 10.4. The third-order valence-electron chi connectivity index (χ3n) is 5.88. The number of thiocarbonyl (C=S) groups is 1. The summed E-state index contributed by atoms with van der Waals surface area (Å²) in [6.07, 6.45) is 2.52. The zero-order valence-corrected chi connectivity index (χ0v) is 23.8. The van der Waals surface area contributed by atoms with Crippen LogP contribution in [-0.2, 0) is 32.4 Å². The Morgan fingerprint density at radius 3 is 2.22 bits per heavy atom. The average molecular weight is 534 g/mol. The molecule has 0 aliphatic carbocycles. The minimum atomic E-state index is -3.32. The third kappa shape index (κ3) is 10.1. The summed E-state index contributed by atoms with van der Waals surface area (Å²) in [6, 6.07) is 13.6. The number of rotatable bonds is 11. The Kier molecular flexibility index (Phi) is 10.3. The predicted molar refractivity (Wildman–Crippen MR) is 150 cm³/mol. The number of nitrogens with zero attached hydrogens (tertiary/aromatic N) is 1. The molecule has 198 valence electrons. The average Bonchev–Trinajstić information content (AvgIpc) is 2.76. The molecule has 0 saturated carbocycles. The molecular weight excluding hydrogens is 494 g/mol. The van der Waals surface area contributed by atoms with Crippen molar-refractivity contribution in [2.24, 2.45) is 17.1 Å². The number of nitrogens with one attached hydrogen (secondary N) is 1. The molecule has 0 radical (unpaired) electrons. The lowest BCUT2D eigenvalue weighted by atomic mass is 9.95. The highest BCUT2D eigenvalue weighted by Gasteiger charge is 2.25. The molecular formula is C27H39N3O4S2. The van der Waals surface area contributed by atoms with E-state index in [0.717, 1.165) is 18.2 Å². The molecule has 0 fully saturated rings. The molecule has 1 atom stereocenters. The largest absolute Gasteiger partial charge is 0.465 e. The summed E-state index contributed by atoms with van der Waals surface area (Å²) in [6.45, 7) is 11.1. The number of nitrogens with two attached hydrogens (primary N) is 1. The first-order chi connectivity index (χ1) is 16.6. The number of sulfonamides is 1. The van der Waals surface area contributed by atoms with Crippen LogP contribution in [0.2, 0.25) is 0 Å². The molecule has 9 heteroatoms. The van der Waals surface area contributed by atoms with Gasteiger partial charge in [0.05, 0.1) is 18.3 Å². The maximum atomic E-state index is 12.4. The van der Waals surface area contributed by atoms with Gasteiger partial charge in [-0.1, -0.05) is 30.3 Å². The molecule has 0 bridgehead atoms. The van der Waals surface area contributed by atoms with Crippen LogP contribution in [0.3, 0.4) is 0 Å². The molecule has 3 N–H and O–H groups in total. The van der Waals surface area contributed by atoms with Gasteiger partial charge >= 0.3 is 5.97 Å². The molecule has 2 aromatic carbocycles. The van der Waals surface area contributed by atoms with Crippen LogP contribution in [-0.4, -0.2) is 50.4 Å². The molecule has 0 heterocycles. The number of aryl methyl sites for hydroxylation is 2. The number of carbonyl (C=O) groups is 1. The van der Waals surface area contributed by atoms with E-state index in [0.29, 0.717) is 25.2 Å². The standard InChI is InChI=1S/C27H39N3O4S2/c1-19-7-8-22(15-20(19)2)16-23(18-34-25(31)27(3,4)5)17-30(26(28)35)14-13-21-9-11-24(12-10-21)29-36(6,32)33/h7-12,15,23,29H,13-14,16-18H2,1-6H3,(H2,28,35). The minimum absolute atomic E-state index is 0.00115. The number of benzene rings is 2. The van der Waals surface area contributed by atoms with Gasteiger partial charge in [-0.15, -0.1) is 0 Å². The molecule has 2 aromatic rings. The Morgan fingerprint density at radius 1 is 1.08 bits per heavy atom. The molecule has 0 spiro atoms. The molecule has 2 rings (SSSR count). The molecule has 0 aliphatic heterocycles. The van der Waals surface area contributed by atoms with Gasteiger partial charge in [0.15, 0.2) is 5.11 Å². The first kappa shape index (κ1) is 29.6. The molecule has 0 aromatic heterocycles. The molecule has 0 amide bonds. The Bertz CT molecular complexity index is 1160. The summed E-state index contributed by atoms with van der Waals surface area (Å²) in [5.74, 6) is -0.238. The lowest BCUT2D eigenvalue weighted by Crippen LogP contribution is -2.42. The molecule has 0 aliphatic rings. The van der Waals surface area contributed by atoms with Gasteiger partial charge in [0.1, 0.15) is 0 Å². The Labute approximate surface area is 221 Å². The van der Waals surface area contributed by atoms with Gasteiger partial charge in [-0.25, -0.2) is 8.42 Å². The molecule has 0 saturated heterocycles. The van der Waals surface area contributed by atoms with Gasteiger partial charge in [0.2, 0.25) is 10.0 Å². The predicted octanol–water partition coefficient (Wildman–Crippen LogP) is 4.21. The third-order valence-corrected chi connectivity index (χ3v) is 6.74. The van der Waals surface area contributed by atoms with E-state index in [1.165, 1.54) is 16.7 Å². The zero-order valence-electron chi connectivity index (χ0n) is 22.1. The lowest BCUT2D eigenvalue weighted by molar-refractivity contribution is -0.154. The summed E-state index contributed by atoms with van der Waals surface area (Å²) in [4.78, 5) is 14.4. The summed E-state index contributed by atoms with van der Waals surface area (Å²) in [5.41, 5.74) is 10.7. The van der Waals surface area contributed by atoms with E-state index < -0.39 is 15.4 Å². The Hall–Kier alpha value is -2.65. The van der Waals surface area contributed by atoms with Crippen molar-refractivity contribution in [3.63, 3.8) is 0 Å².